The number of hydrogen-bond donors (Lipinski definition) is 1. The lowest BCUT2D eigenvalue weighted by Crippen LogP contribution is -2.45. The first kappa shape index (κ1) is 16.3. The molecule has 23 heavy (non-hydrogen) atoms. The van der Waals surface area contributed by atoms with Crippen LogP contribution in [-0.4, -0.2) is 41.1 Å². The van der Waals surface area contributed by atoms with Gasteiger partial charge in [-0.05, 0) is 55.9 Å². The fourth-order valence-corrected chi connectivity index (χ4v) is 3.71. The zero-order valence-corrected chi connectivity index (χ0v) is 14.6. The summed E-state index contributed by atoms with van der Waals surface area (Å²) in [5.41, 5.74) is -0.0571. The van der Waals surface area contributed by atoms with Crippen molar-refractivity contribution < 1.29 is 19.4 Å². The predicted octanol–water partition coefficient (Wildman–Crippen LogP) is 2.93. The highest BCUT2D eigenvalue weighted by Crippen LogP contribution is 2.59. The number of likely N-dealkylation sites (tertiary alicyclic amines) is 1. The molecular weight excluding hydrogens is 362 g/mol. The molecule has 2 aliphatic rings. The van der Waals surface area contributed by atoms with Crippen LogP contribution in [0.3, 0.4) is 0 Å². The standard InChI is InChI=1S/C17H20BrNO4/c1-11(23-13-4-2-12(18)3-5-13)15(20)19-8-6-17(7-9-19)10-14(17)16(21)22/h2-5,11,14H,6-10H2,1H3,(H,21,22). The van der Waals surface area contributed by atoms with E-state index in [9.17, 15) is 9.59 Å². The Hall–Kier alpha value is -1.56. The topological polar surface area (TPSA) is 66.8 Å². The van der Waals surface area contributed by atoms with Crippen LogP contribution in [0.25, 0.3) is 0 Å². The third-order valence-corrected chi connectivity index (χ3v) is 5.56. The van der Waals surface area contributed by atoms with Crippen molar-refractivity contribution in [2.75, 3.05) is 13.1 Å². The Labute approximate surface area is 143 Å². The average Bonchev–Trinajstić information content (AvgIpc) is 3.24. The number of carbonyl (C=O) groups excluding carboxylic acids is 1. The third kappa shape index (κ3) is 3.37. The van der Waals surface area contributed by atoms with Crippen molar-refractivity contribution in [1.29, 1.82) is 0 Å². The minimum atomic E-state index is -0.697. The summed E-state index contributed by atoms with van der Waals surface area (Å²) in [6.07, 6.45) is 1.77. The van der Waals surface area contributed by atoms with Gasteiger partial charge in [0.1, 0.15) is 5.75 Å². The van der Waals surface area contributed by atoms with Gasteiger partial charge in [0, 0.05) is 17.6 Å². The fraction of sp³-hybridized carbons (Fsp3) is 0.529. The summed E-state index contributed by atoms with van der Waals surface area (Å²) in [7, 11) is 0. The molecule has 0 aromatic heterocycles. The molecule has 1 aliphatic carbocycles. The summed E-state index contributed by atoms with van der Waals surface area (Å²) >= 11 is 3.36. The predicted molar refractivity (Wildman–Crippen MR) is 88.2 cm³/mol. The van der Waals surface area contributed by atoms with Crippen LogP contribution < -0.4 is 4.74 Å². The first-order valence-corrected chi connectivity index (χ1v) is 8.64. The van der Waals surface area contributed by atoms with E-state index in [1.807, 2.05) is 24.3 Å². The van der Waals surface area contributed by atoms with E-state index in [0.717, 1.165) is 23.7 Å². The lowest BCUT2D eigenvalue weighted by molar-refractivity contribution is -0.141. The van der Waals surface area contributed by atoms with E-state index in [0.29, 0.717) is 18.8 Å². The number of carbonyl (C=O) groups is 2. The van der Waals surface area contributed by atoms with Crippen molar-refractivity contribution in [2.45, 2.75) is 32.3 Å². The second-order valence-electron chi connectivity index (χ2n) is 6.50. The summed E-state index contributed by atoms with van der Waals surface area (Å²) < 4.78 is 6.67. The lowest BCUT2D eigenvalue weighted by atomic mass is 9.90. The van der Waals surface area contributed by atoms with Crippen molar-refractivity contribution >= 4 is 27.8 Å². The third-order valence-electron chi connectivity index (χ3n) is 5.03. The number of amides is 1. The van der Waals surface area contributed by atoms with E-state index in [2.05, 4.69) is 15.9 Å². The number of aliphatic carboxylic acids is 1. The van der Waals surface area contributed by atoms with Crippen LogP contribution >= 0.6 is 15.9 Å². The van der Waals surface area contributed by atoms with Gasteiger partial charge in [0.25, 0.3) is 5.91 Å². The highest BCUT2D eigenvalue weighted by molar-refractivity contribution is 9.10. The van der Waals surface area contributed by atoms with Crippen LogP contribution in [0.15, 0.2) is 28.7 Å². The van der Waals surface area contributed by atoms with Crippen LogP contribution in [-0.2, 0) is 9.59 Å². The van der Waals surface area contributed by atoms with E-state index >= 15 is 0 Å². The van der Waals surface area contributed by atoms with Crippen molar-refractivity contribution in [1.82, 2.24) is 4.90 Å². The molecule has 5 nitrogen and oxygen atoms in total. The molecule has 1 aliphatic heterocycles. The van der Waals surface area contributed by atoms with Gasteiger partial charge in [-0.15, -0.1) is 0 Å². The van der Waals surface area contributed by atoms with Crippen LogP contribution in [0, 0.1) is 11.3 Å². The molecule has 1 N–H and O–H groups in total. The summed E-state index contributed by atoms with van der Waals surface area (Å²) in [5.74, 6) is -0.279. The van der Waals surface area contributed by atoms with Gasteiger partial charge in [-0.25, -0.2) is 0 Å². The van der Waals surface area contributed by atoms with Crippen molar-refractivity contribution in [2.24, 2.45) is 11.3 Å². The molecule has 2 unspecified atom stereocenters. The van der Waals surface area contributed by atoms with Gasteiger partial charge < -0.3 is 14.7 Å². The monoisotopic (exact) mass is 381 g/mol. The van der Waals surface area contributed by atoms with Crippen molar-refractivity contribution in [3.8, 4) is 5.75 Å². The Kier molecular flexibility index (Phi) is 4.36. The van der Waals surface area contributed by atoms with E-state index < -0.39 is 12.1 Å². The molecule has 2 atom stereocenters. The molecule has 124 valence electrons. The largest absolute Gasteiger partial charge is 0.481 e. The van der Waals surface area contributed by atoms with Gasteiger partial charge in [0.2, 0.25) is 0 Å². The van der Waals surface area contributed by atoms with E-state index in [4.69, 9.17) is 9.84 Å². The molecule has 1 aromatic rings. The molecule has 6 heteroatoms. The molecule has 1 saturated carbocycles. The minimum absolute atomic E-state index is 0.0321. The van der Waals surface area contributed by atoms with Gasteiger partial charge in [-0.1, -0.05) is 15.9 Å². The molecule has 1 saturated heterocycles. The highest BCUT2D eigenvalue weighted by Gasteiger charge is 2.59. The zero-order valence-electron chi connectivity index (χ0n) is 13.0. The molecule has 0 bridgehead atoms. The SMILES string of the molecule is CC(Oc1ccc(Br)cc1)C(=O)N1CCC2(CC1)CC2C(=O)O. The van der Waals surface area contributed by atoms with Crippen LogP contribution in [0.1, 0.15) is 26.2 Å². The van der Waals surface area contributed by atoms with Gasteiger partial charge in [-0.3, -0.25) is 9.59 Å². The zero-order chi connectivity index (χ0) is 16.6. The Morgan fingerprint density at radius 1 is 1.30 bits per heavy atom. The number of carboxylic acid groups (broad SMARTS) is 1. The Balaban J connectivity index is 1.53. The maximum absolute atomic E-state index is 12.5. The van der Waals surface area contributed by atoms with Crippen LogP contribution in [0.5, 0.6) is 5.75 Å². The number of hydrogen-bond acceptors (Lipinski definition) is 3. The Morgan fingerprint density at radius 3 is 2.43 bits per heavy atom. The molecule has 3 rings (SSSR count). The molecule has 1 spiro atoms. The molecule has 2 fully saturated rings. The van der Waals surface area contributed by atoms with Gasteiger partial charge in [-0.2, -0.15) is 0 Å². The second-order valence-corrected chi connectivity index (χ2v) is 7.41. The number of rotatable bonds is 4. The highest BCUT2D eigenvalue weighted by atomic mass is 79.9. The Morgan fingerprint density at radius 2 is 1.91 bits per heavy atom. The molecule has 1 amide bonds. The smallest absolute Gasteiger partial charge is 0.307 e. The summed E-state index contributed by atoms with van der Waals surface area (Å²) in [6, 6.07) is 7.38. The minimum Gasteiger partial charge on any atom is -0.481 e. The molecule has 0 radical (unpaired) electrons. The normalized spacial score (nSPS) is 23.4. The summed E-state index contributed by atoms with van der Waals surface area (Å²) in [4.78, 5) is 25.4. The van der Waals surface area contributed by atoms with Crippen LogP contribution in [0.4, 0.5) is 0 Å². The van der Waals surface area contributed by atoms with Crippen molar-refractivity contribution in [3.63, 3.8) is 0 Å². The van der Waals surface area contributed by atoms with E-state index in [1.165, 1.54) is 0 Å². The summed E-state index contributed by atoms with van der Waals surface area (Å²) in [6.45, 7) is 3.00. The number of halogens is 1. The number of ether oxygens (including phenoxy) is 1. The van der Waals surface area contributed by atoms with Crippen LogP contribution in [0.2, 0.25) is 0 Å². The number of carboxylic acids is 1. The average molecular weight is 382 g/mol. The summed E-state index contributed by atoms with van der Waals surface area (Å²) in [5, 5.41) is 9.11. The van der Waals surface area contributed by atoms with Gasteiger partial charge in [0.15, 0.2) is 6.10 Å². The second kappa shape index (κ2) is 6.15. The fourth-order valence-electron chi connectivity index (χ4n) is 3.45. The quantitative estimate of drug-likeness (QED) is 0.870. The van der Waals surface area contributed by atoms with Gasteiger partial charge in [0.05, 0.1) is 5.92 Å². The number of piperidine rings is 1. The Bertz CT molecular complexity index is 608. The molecule has 1 heterocycles. The van der Waals surface area contributed by atoms with E-state index in [1.54, 1.807) is 11.8 Å². The maximum atomic E-state index is 12.5. The molecule has 1 aromatic carbocycles. The van der Waals surface area contributed by atoms with E-state index in [-0.39, 0.29) is 17.2 Å². The van der Waals surface area contributed by atoms with Gasteiger partial charge >= 0.3 is 5.97 Å². The number of nitrogens with zero attached hydrogens (tertiary/aromatic N) is 1. The van der Waals surface area contributed by atoms with Crippen molar-refractivity contribution in [3.05, 3.63) is 28.7 Å². The first-order chi connectivity index (χ1) is 10.9. The lowest BCUT2D eigenvalue weighted by Gasteiger charge is -2.34. The maximum Gasteiger partial charge on any atom is 0.307 e. The first-order valence-electron chi connectivity index (χ1n) is 7.85. The number of benzene rings is 1. The molecular formula is C17H20BrNO4.